The van der Waals surface area contributed by atoms with Crippen molar-refractivity contribution in [1.29, 1.82) is 0 Å². The number of carbonyl (C=O) groups excluding carboxylic acids is 1. The number of hydrogen-bond donors (Lipinski definition) is 1. The van der Waals surface area contributed by atoms with Crippen LogP contribution in [0.25, 0.3) is 0 Å². The summed E-state index contributed by atoms with van der Waals surface area (Å²) in [5.41, 5.74) is 0. The number of carbonyl (C=O) groups is 1. The average molecular weight is 252 g/mol. The molecule has 2 rings (SSSR count). The van der Waals surface area contributed by atoms with Crippen molar-refractivity contribution in [3.63, 3.8) is 0 Å². The monoisotopic (exact) mass is 252 g/mol. The predicted molar refractivity (Wildman–Crippen MR) is 71.7 cm³/mol. The zero-order valence-electron chi connectivity index (χ0n) is 10.5. The van der Waals surface area contributed by atoms with Crippen LogP contribution in [0.15, 0.2) is 12.1 Å². The van der Waals surface area contributed by atoms with Crippen LogP contribution in [0.4, 0.5) is 0 Å². The summed E-state index contributed by atoms with van der Waals surface area (Å²) in [6.07, 6.45) is 2.59. The van der Waals surface area contributed by atoms with Gasteiger partial charge in [0.05, 0.1) is 4.88 Å². The lowest BCUT2D eigenvalue weighted by molar-refractivity contribution is 0.0944. The first-order valence-electron chi connectivity index (χ1n) is 6.25. The van der Waals surface area contributed by atoms with Crippen molar-refractivity contribution < 1.29 is 4.79 Å². The van der Waals surface area contributed by atoms with Crippen LogP contribution in [0.2, 0.25) is 0 Å². The fraction of sp³-hybridized carbons (Fsp3) is 0.615. The van der Waals surface area contributed by atoms with E-state index in [1.54, 1.807) is 11.3 Å². The summed E-state index contributed by atoms with van der Waals surface area (Å²) >= 11 is 1.55. The molecule has 0 spiro atoms. The molecule has 0 aromatic carbocycles. The summed E-state index contributed by atoms with van der Waals surface area (Å²) < 4.78 is 0. The minimum absolute atomic E-state index is 0.0640. The molecule has 4 heteroatoms. The molecule has 94 valence electrons. The smallest absolute Gasteiger partial charge is 0.261 e. The molecule has 0 unspecified atom stereocenters. The van der Waals surface area contributed by atoms with Crippen molar-refractivity contribution in [2.24, 2.45) is 0 Å². The summed E-state index contributed by atoms with van der Waals surface area (Å²) in [6, 6.07) is 4.33. The predicted octanol–water partition coefficient (Wildman–Crippen LogP) is 2.27. The van der Waals surface area contributed by atoms with E-state index in [1.807, 2.05) is 19.1 Å². The molecule has 0 aliphatic carbocycles. The quantitative estimate of drug-likeness (QED) is 0.891. The molecule has 17 heavy (non-hydrogen) atoms. The minimum atomic E-state index is 0.0640. The number of rotatable bonds is 4. The first-order valence-corrected chi connectivity index (χ1v) is 7.07. The lowest BCUT2D eigenvalue weighted by Crippen LogP contribution is -2.40. The topological polar surface area (TPSA) is 32.3 Å². The molecule has 1 fully saturated rings. The van der Waals surface area contributed by atoms with Gasteiger partial charge in [0.15, 0.2) is 0 Å². The van der Waals surface area contributed by atoms with Gasteiger partial charge in [0.1, 0.15) is 0 Å². The molecule has 2 heterocycles. The van der Waals surface area contributed by atoms with Crippen LogP contribution in [0.5, 0.6) is 0 Å². The molecule has 1 aliphatic heterocycles. The maximum atomic E-state index is 11.9. The van der Waals surface area contributed by atoms with Gasteiger partial charge in [-0.3, -0.25) is 9.69 Å². The van der Waals surface area contributed by atoms with Gasteiger partial charge in [-0.1, -0.05) is 0 Å². The molecule has 0 radical (unpaired) electrons. The van der Waals surface area contributed by atoms with Crippen molar-refractivity contribution in [3.05, 3.63) is 21.9 Å². The highest BCUT2D eigenvalue weighted by molar-refractivity contribution is 7.13. The van der Waals surface area contributed by atoms with E-state index < -0.39 is 0 Å². The Bertz CT molecular complexity index is 383. The second-order valence-electron chi connectivity index (χ2n) is 4.71. The van der Waals surface area contributed by atoms with E-state index in [0.717, 1.165) is 11.4 Å². The maximum Gasteiger partial charge on any atom is 0.261 e. The minimum Gasteiger partial charge on any atom is -0.350 e. The molecule has 1 N–H and O–H groups in total. The lowest BCUT2D eigenvalue weighted by Gasteiger charge is -2.23. The molecule has 1 aliphatic rings. The van der Waals surface area contributed by atoms with E-state index in [9.17, 15) is 4.79 Å². The van der Waals surface area contributed by atoms with E-state index in [1.165, 1.54) is 30.8 Å². The van der Waals surface area contributed by atoms with Crippen LogP contribution >= 0.6 is 11.3 Å². The fourth-order valence-corrected chi connectivity index (χ4v) is 2.98. The third-order valence-corrected chi connectivity index (χ3v) is 4.29. The number of nitrogens with zero attached hydrogens (tertiary/aromatic N) is 1. The maximum absolute atomic E-state index is 11.9. The number of aryl methyl sites for hydroxylation is 1. The van der Waals surface area contributed by atoms with Gasteiger partial charge in [-0.2, -0.15) is 0 Å². The van der Waals surface area contributed by atoms with Crippen molar-refractivity contribution in [2.75, 3.05) is 19.6 Å². The lowest BCUT2D eigenvalue weighted by atomic mass is 10.3. The highest BCUT2D eigenvalue weighted by Gasteiger charge is 2.18. The second kappa shape index (κ2) is 5.65. The molecular formula is C13H20N2OS. The van der Waals surface area contributed by atoms with Gasteiger partial charge in [0.2, 0.25) is 0 Å². The van der Waals surface area contributed by atoms with Crippen molar-refractivity contribution in [3.8, 4) is 0 Å². The second-order valence-corrected chi connectivity index (χ2v) is 6.00. The molecule has 1 aromatic rings. The zero-order chi connectivity index (χ0) is 12.3. The number of hydrogen-bond acceptors (Lipinski definition) is 3. The summed E-state index contributed by atoms with van der Waals surface area (Å²) in [4.78, 5) is 16.3. The van der Waals surface area contributed by atoms with Crippen molar-refractivity contribution >= 4 is 17.2 Å². The van der Waals surface area contributed by atoms with Gasteiger partial charge >= 0.3 is 0 Å². The van der Waals surface area contributed by atoms with Crippen LogP contribution in [0, 0.1) is 6.92 Å². The molecule has 1 saturated heterocycles. The molecule has 3 nitrogen and oxygen atoms in total. The Morgan fingerprint density at radius 1 is 1.47 bits per heavy atom. The van der Waals surface area contributed by atoms with Gasteiger partial charge in [-0.05, 0) is 51.9 Å². The molecular weight excluding hydrogens is 232 g/mol. The fourth-order valence-electron chi connectivity index (χ4n) is 2.20. The standard InChI is InChI=1S/C13H20N2OS/c1-10(15-7-3-4-8-15)9-14-13(16)12-6-5-11(2)17-12/h5-6,10H,3-4,7-9H2,1-2H3,(H,14,16)/t10-/m1/s1. The van der Waals surface area contributed by atoms with Crippen LogP contribution in [0.1, 0.15) is 34.3 Å². The Labute approximate surface area is 107 Å². The summed E-state index contributed by atoms with van der Waals surface area (Å²) in [6.45, 7) is 7.31. The third kappa shape index (κ3) is 3.30. The first kappa shape index (κ1) is 12.6. The van der Waals surface area contributed by atoms with Crippen LogP contribution in [-0.2, 0) is 0 Å². The zero-order valence-corrected chi connectivity index (χ0v) is 11.3. The van der Waals surface area contributed by atoms with Crippen LogP contribution in [0.3, 0.4) is 0 Å². The van der Waals surface area contributed by atoms with Gasteiger partial charge in [-0.15, -0.1) is 11.3 Å². The summed E-state index contributed by atoms with van der Waals surface area (Å²) in [7, 11) is 0. The normalized spacial score (nSPS) is 18.2. The Hall–Kier alpha value is -0.870. The number of likely N-dealkylation sites (tertiary alicyclic amines) is 1. The number of nitrogens with one attached hydrogen (secondary N) is 1. The molecule has 0 saturated carbocycles. The molecule has 1 aromatic heterocycles. The molecule has 1 atom stereocenters. The van der Waals surface area contributed by atoms with Crippen molar-refractivity contribution in [1.82, 2.24) is 10.2 Å². The van der Waals surface area contributed by atoms with E-state index >= 15 is 0 Å². The molecule has 1 amide bonds. The SMILES string of the molecule is Cc1ccc(C(=O)NC[C@@H](C)N2CCCC2)s1. The van der Waals surface area contributed by atoms with E-state index in [4.69, 9.17) is 0 Å². The summed E-state index contributed by atoms with van der Waals surface area (Å²) in [5.74, 6) is 0.0640. The van der Waals surface area contributed by atoms with Crippen LogP contribution in [-0.4, -0.2) is 36.5 Å². The third-order valence-electron chi connectivity index (χ3n) is 3.29. The molecule has 0 bridgehead atoms. The Kier molecular flexibility index (Phi) is 4.18. The Morgan fingerprint density at radius 3 is 2.76 bits per heavy atom. The first-order chi connectivity index (χ1) is 8.16. The highest BCUT2D eigenvalue weighted by atomic mass is 32.1. The van der Waals surface area contributed by atoms with Gasteiger partial charge < -0.3 is 5.32 Å². The van der Waals surface area contributed by atoms with E-state index in [2.05, 4.69) is 17.1 Å². The van der Waals surface area contributed by atoms with E-state index in [0.29, 0.717) is 6.04 Å². The largest absolute Gasteiger partial charge is 0.350 e. The van der Waals surface area contributed by atoms with Crippen molar-refractivity contribution in [2.45, 2.75) is 32.7 Å². The number of amides is 1. The number of thiophene rings is 1. The van der Waals surface area contributed by atoms with Gasteiger partial charge in [0, 0.05) is 17.5 Å². The average Bonchev–Trinajstić information content (AvgIpc) is 2.95. The van der Waals surface area contributed by atoms with Crippen LogP contribution < -0.4 is 5.32 Å². The Morgan fingerprint density at radius 2 is 2.18 bits per heavy atom. The van der Waals surface area contributed by atoms with Gasteiger partial charge in [-0.25, -0.2) is 0 Å². The highest BCUT2D eigenvalue weighted by Crippen LogP contribution is 2.15. The van der Waals surface area contributed by atoms with Gasteiger partial charge in [0.25, 0.3) is 5.91 Å². The Balaban J connectivity index is 1.79. The van der Waals surface area contributed by atoms with E-state index in [-0.39, 0.29) is 5.91 Å². The summed E-state index contributed by atoms with van der Waals surface area (Å²) in [5, 5.41) is 3.02.